The summed E-state index contributed by atoms with van der Waals surface area (Å²) in [6.45, 7) is 0.419. The summed E-state index contributed by atoms with van der Waals surface area (Å²) in [5.74, 6) is 1.92. The molecule has 5 aromatic rings. The van der Waals surface area contributed by atoms with Gasteiger partial charge in [0.25, 0.3) is 11.1 Å². The lowest BCUT2D eigenvalue weighted by Crippen LogP contribution is -1.95. The van der Waals surface area contributed by atoms with Gasteiger partial charge in [-0.25, -0.2) is 4.98 Å². The molecule has 1 N–H and O–H groups in total. The number of hydrogen-bond acceptors (Lipinski definition) is 7. The van der Waals surface area contributed by atoms with Crippen LogP contribution in [0, 0.1) is 0 Å². The van der Waals surface area contributed by atoms with E-state index < -0.39 is 0 Å². The highest BCUT2D eigenvalue weighted by Gasteiger charge is 2.14. The maximum absolute atomic E-state index is 5.89. The van der Waals surface area contributed by atoms with E-state index >= 15 is 0 Å². The maximum atomic E-state index is 5.89. The predicted octanol–water partition coefficient (Wildman–Crippen LogP) is 6.20. The van der Waals surface area contributed by atoms with Gasteiger partial charge < -0.3 is 14.1 Å². The normalized spacial score (nSPS) is 11.2. The third-order valence-corrected chi connectivity index (χ3v) is 6.32. The molecule has 0 amide bonds. The van der Waals surface area contributed by atoms with Gasteiger partial charge in [0.1, 0.15) is 17.4 Å². The van der Waals surface area contributed by atoms with E-state index in [-0.39, 0.29) is 0 Å². The predicted molar refractivity (Wildman–Crippen MR) is 119 cm³/mol. The van der Waals surface area contributed by atoms with Gasteiger partial charge in [-0.1, -0.05) is 41.6 Å². The fraction of sp³-hybridized carbons (Fsp3) is 0.0952. The number of benzene rings is 2. The first-order chi connectivity index (χ1) is 14.7. The molecule has 30 heavy (non-hydrogen) atoms. The summed E-state index contributed by atoms with van der Waals surface area (Å²) >= 11 is 8.92. The van der Waals surface area contributed by atoms with Crippen molar-refractivity contribution in [2.45, 2.75) is 17.6 Å². The Morgan fingerprint density at radius 1 is 1.10 bits per heavy atom. The summed E-state index contributed by atoms with van der Waals surface area (Å²) in [7, 11) is 0. The van der Waals surface area contributed by atoms with E-state index in [2.05, 4.69) is 20.2 Å². The zero-order valence-electron chi connectivity index (χ0n) is 15.5. The van der Waals surface area contributed by atoms with E-state index in [0.29, 0.717) is 28.5 Å². The van der Waals surface area contributed by atoms with Crippen molar-refractivity contribution in [3.05, 3.63) is 75.8 Å². The third kappa shape index (κ3) is 4.21. The van der Waals surface area contributed by atoms with Gasteiger partial charge in [-0.05, 0) is 30.3 Å². The first kappa shape index (κ1) is 19.2. The summed E-state index contributed by atoms with van der Waals surface area (Å²) in [5, 5.41) is 13.5. The topological polar surface area (TPSA) is 76.8 Å². The average molecular weight is 455 g/mol. The number of aromatic amines is 1. The summed E-state index contributed by atoms with van der Waals surface area (Å²) in [6.07, 6.45) is 1.89. The molecule has 0 aliphatic carbocycles. The molecule has 150 valence electrons. The number of thiazole rings is 1. The van der Waals surface area contributed by atoms with Crippen LogP contribution in [0.2, 0.25) is 5.02 Å². The van der Waals surface area contributed by atoms with Gasteiger partial charge in [0.15, 0.2) is 0 Å². The maximum Gasteiger partial charge on any atom is 0.277 e. The van der Waals surface area contributed by atoms with Gasteiger partial charge in [-0.2, -0.15) is 0 Å². The van der Waals surface area contributed by atoms with Crippen LogP contribution in [0.25, 0.3) is 22.4 Å². The molecule has 0 saturated carbocycles. The van der Waals surface area contributed by atoms with Crippen LogP contribution in [0.5, 0.6) is 5.75 Å². The highest BCUT2D eigenvalue weighted by molar-refractivity contribution is 7.98. The molecule has 0 atom stereocenters. The van der Waals surface area contributed by atoms with Crippen LogP contribution < -0.4 is 4.74 Å². The second kappa shape index (κ2) is 8.51. The number of fused-ring (bicyclic) bond motifs is 1. The minimum absolute atomic E-state index is 0.419. The Hall–Kier alpha value is -2.81. The highest BCUT2D eigenvalue weighted by atomic mass is 35.5. The van der Waals surface area contributed by atoms with E-state index in [1.165, 1.54) is 11.8 Å². The first-order valence-electron chi connectivity index (χ1n) is 9.09. The van der Waals surface area contributed by atoms with E-state index in [9.17, 15) is 0 Å². The Morgan fingerprint density at radius 3 is 2.87 bits per heavy atom. The molecular weight excluding hydrogens is 440 g/mol. The van der Waals surface area contributed by atoms with Crippen LogP contribution in [-0.4, -0.2) is 20.2 Å². The fourth-order valence-corrected chi connectivity index (χ4v) is 4.51. The van der Waals surface area contributed by atoms with Crippen molar-refractivity contribution in [1.29, 1.82) is 0 Å². The van der Waals surface area contributed by atoms with Crippen molar-refractivity contribution in [3.63, 3.8) is 0 Å². The summed E-state index contributed by atoms with van der Waals surface area (Å²) in [5.41, 5.74) is 2.89. The molecule has 0 saturated heterocycles. The van der Waals surface area contributed by atoms with Crippen molar-refractivity contribution in [2.24, 2.45) is 0 Å². The van der Waals surface area contributed by atoms with Crippen molar-refractivity contribution >= 4 is 45.6 Å². The molecule has 5 rings (SSSR count). The van der Waals surface area contributed by atoms with Crippen molar-refractivity contribution < 1.29 is 9.15 Å². The fourth-order valence-electron chi connectivity index (χ4n) is 2.92. The number of nitrogens with one attached hydrogen (secondary N) is 1. The van der Waals surface area contributed by atoms with Crippen LogP contribution in [0.3, 0.4) is 0 Å². The number of hydrogen-bond donors (Lipinski definition) is 1. The van der Waals surface area contributed by atoms with Gasteiger partial charge in [0.2, 0.25) is 0 Å². The van der Waals surface area contributed by atoms with Crippen molar-refractivity contribution in [1.82, 2.24) is 20.2 Å². The van der Waals surface area contributed by atoms with Gasteiger partial charge in [0.05, 0.1) is 11.3 Å². The highest BCUT2D eigenvalue weighted by Crippen LogP contribution is 2.30. The van der Waals surface area contributed by atoms with Crippen LogP contribution in [0.4, 0.5) is 0 Å². The number of aromatic nitrogens is 4. The van der Waals surface area contributed by atoms with Crippen LogP contribution in [0.1, 0.15) is 10.7 Å². The second-order valence-electron chi connectivity index (χ2n) is 6.38. The zero-order valence-corrected chi connectivity index (χ0v) is 17.9. The second-order valence-corrected chi connectivity index (χ2v) is 8.69. The standard InChI is InChI=1S/C21H15ClN4O2S2/c22-13-5-7-15(8-6-13)27-10-19-24-14(11-29-19)12-30-21-26-25-20(28-21)17-9-23-18-4-2-1-3-16(17)18/h1-9,11,23H,10,12H2. The Labute approximate surface area is 185 Å². The average Bonchev–Trinajstić information content (AvgIpc) is 3.51. The Morgan fingerprint density at radius 2 is 1.97 bits per heavy atom. The number of H-pyrrole nitrogens is 1. The molecule has 0 fully saturated rings. The van der Waals surface area contributed by atoms with Gasteiger partial charge in [-0.15, -0.1) is 21.5 Å². The number of rotatable bonds is 7. The van der Waals surface area contributed by atoms with Gasteiger partial charge in [0, 0.05) is 33.3 Å². The molecule has 3 aromatic heterocycles. The number of para-hydroxylation sites is 1. The lowest BCUT2D eigenvalue weighted by molar-refractivity contribution is 0.305. The third-order valence-electron chi connectivity index (χ3n) is 4.34. The lowest BCUT2D eigenvalue weighted by Gasteiger charge is -2.03. The minimum atomic E-state index is 0.419. The van der Waals surface area contributed by atoms with E-state index in [0.717, 1.165) is 32.9 Å². The molecule has 2 aromatic carbocycles. The van der Waals surface area contributed by atoms with Gasteiger partial charge >= 0.3 is 0 Å². The Bertz CT molecular complexity index is 1280. The quantitative estimate of drug-likeness (QED) is 0.295. The van der Waals surface area contributed by atoms with Crippen LogP contribution >= 0.6 is 34.7 Å². The zero-order chi connectivity index (χ0) is 20.3. The number of ether oxygens (including phenoxy) is 1. The van der Waals surface area contributed by atoms with Crippen LogP contribution in [0.15, 0.2) is 69.7 Å². The summed E-state index contributed by atoms with van der Waals surface area (Å²) < 4.78 is 11.6. The molecule has 0 radical (unpaired) electrons. The van der Waals surface area contributed by atoms with E-state index in [4.69, 9.17) is 20.8 Å². The Balaban J connectivity index is 1.19. The molecule has 0 aliphatic rings. The summed E-state index contributed by atoms with van der Waals surface area (Å²) in [6, 6.07) is 15.3. The van der Waals surface area contributed by atoms with E-state index in [1.54, 1.807) is 23.5 Å². The Kier molecular flexibility index (Phi) is 5.44. The number of halogens is 1. The molecular formula is C21H15ClN4O2S2. The minimum Gasteiger partial charge on any atom is -0.486 e. The molecule has 0 spiro atoms. The molecule has 3 heterocycles. The van der Waals surface area contributed by atoms with Crippen molar-refractivity contribution in [2.75, 3.05) is 0 Å². The molecule has 0 bridgehead atoms. The smallest absolute Gasteiger partial charge is 0.277 e. The summed E-state index contributed by atoms with van der Waals surface area (Å²) in [4.78, 5) is 7.83. The number of nitrogens with zero attached hydrogens (tertiary/aromatic N) is 3. The SMILES string of the molecule is Clc1ccc(OCc2nc(CSc3nnc(-c4c[nH]c5ccccc45)o3)cs2)cc1. The molecule has 0 aliphatic heterocycles. The first-order valence-corrected chi connectivity index (χ1v) is 11.3. The molecule has 0 unspecified atom stereocenters. The number of thioether (sulfide) groups is 1. The lowest BCUT2D eigenvalue weighted by atomic mass is 10.2. The van der Waals surface area contributed by atoms with Crippen LogP contribution in [-0.2, 0) is 12.4 Å². The van der Waals surface area contributed by atoms with Crippen molar-refractivity contribution in [3.8, 4) is 17.2 Å². The monoisotopic (exact) mass is 454 g/mol. The largest absolute Gasteiger partial charge is 0.486 e. The van der Waals surface area contributed by atoms with Gasteiger partial charge in [-0.3, -0.25) is 0 Å². The molecule has 9 heteroatoms. The molecule has 6 nitrogen and oxygen atoms in total. The van der Waals surface area contributed by atoms with E-state index in [1.807, 2.05) is 48.0 Å².